The van der Waals surface area contributed by atoms with Crippen LogP contribution in [-0.4, -0.2) is 50.2 Å². The average Bonchev–Trinajstić information content (AvgIpc) is 3.07. The maximum Gasteiger partial charge on any atom is 0.290 e. The average molecular weight is 440 g/mol. The van der Waals surface area contributed by atoms with Crippen LogP contribution in [0.1, 0.15) is 34.1 Å². The van der Waals surface area contributed by atoms with E-state index in [1.165, 1.54) is 4.90 Å². The van der Waals surface area contributed by atoms with Gasteiger partial charge >= 0.3 is 0 Å². The molecule has 0 saturated carbocycles. The molecule has 1 atom stereocenters. The summed E-state index contributed by atoms with van der Waals surface area (Å²) in [5.41, 5.74) is 1.51. The predicted molar refractivity (Wildman–Crippen MR) is 118 cm³/mol. The summed E-state index contributed by atoms with van der Waals surface area (Å²) in [5.74, 6) is -0.0906. The molecule has 0 spiro atoms. The molecule has 1 saturated heterocycles. The summed E-state index contributed by atoms with van der Waals surface area (Å²) in [4.78, 5) is 30.0. The van der Waals surface area contributed by atoms with E-state index in [1.54, 1.807) is 35.2 Å². The van der Waals surface area contributed by atoms with E-state index in [-0.39, 0.29) is 17.1 Å². The molecule has 1 aromatic heterocycles. The number of quaternary nitrogens is 1. The number of amides is 1. The van der Waals surface area contributed by atoms with E-state index in [9.17, 15) is 9.59 Å². The Kier molecular flexibility index (Phi) is 5.52. The Bertz CT molecular complexity index is 1190. The van der Waals surface area contributed by atoms with Crippen LogP contribution >= 0.6 is 11.6 Å². The molecule has 1 fully saturated rings. The SMILES string of the molecule is O=C1c2oc3ccccc3c(=O)c2[C@@H](c2cccc(Cl)c2)N1CCC[NH+]1CCOCC1. The molecular formula is C24H24ClN2O4+. The Hall–Kier alpha value is -2.67. The highest BCUT2D eigenvalue weighted by Crippen LogP contribution is 2.38. The van der Waals surface area contributed by atoms with Crippen LogP contribution in [0.25, 0.3) is 11.0 Å². The van der Waals surface area contributed by atoms with Gasteiger partial charge in [0, 0.05) is 18.0 Å². The van der Waals surface area contributed by atoms with Crippen molar-refractivity contribution < 1.29 is 18.8 Å². The summed E-state index contributed by atoms with van der Waals surface area (Å²) < 4.78 is 11.4. The Morgan fingerprint density at radius 3 is 2.68 bits per heavy atom. The lowest BCUT2D eigenvalue weighted by Crippen LogP contribution is -3.14. The van der Waals surface area contributed by atoms with Gasteiger partial charge in [-0.15, -0.1) is 0 Å². The van der Waals surface area contributed by atoms with Gasteiger partial charge < -0.3 is 19.0 Å². The molecule has 1 amide bonds. The number of hydrogen-bond acceptors (Lipinski definition) is 4. The number of benzene rings is 2. The Balaban J connectivity index is 1.53. The van der Waals surface area contributed by atoms with Crippen LogP contribution in [0.2, 0.25) is 5.02 Å². The monoisotopic (exact) mass is 439 g/mol. The summed E-state index contributed by atoms with van der Waals surface area (Å²) in [6.07, 6.45) is 0.833. The molecule has 1 N–H and O–H groups in total. The van der Waals surface area contributed by atoms with Gasteiger partial charge in [0.1, 0.15) is 18.7 Å². The van der Waals surface area contributed by atoms with Crippen molar-refractivity contribution in [3.8, 4) is 0 Å². The minimum Gasteiger partial charge on any atom is -0.450 e. The summed E-state index contributed by atoms with van der Waals surface area (Å²) >= 11 is 6.26. The number of hydrogen-bond donors (Lipinski definition) is 1. The smallest absolute Gasteiger partial charge is 0.290 e. The van der Waals surface area contributed by atoms with E-state index in [1.807, 2.05) is 18.2 Å². The Morgan fingerprint density at radius 2 is 1.87 bits per heavy atom. The normalized spacial score (nSPS) is 19.2. The number of halogens is 1. The molecule has 0 aliphatic carbocycles. The second kappa shape index (κ2) is 8.46. The third-order valence-electron chi connectivity index (χ3n) is 6.17. The van der Waals surface area contributed by atoms with Crippen molar-refractivity contribution in [2.24, 2.45) is 0 Å². The van der Waals surface area contributed by atoms with Crippen LogP contribution in [0.15, 0.2) is 57.7 Å². The minimum atomic E-state index is -0.498. The minimum absolute atomic E-state index is 0.146. The Morgan fingerprint density at radius 1 is 1.06 bits per heavy atom. The van der Waals surface area contributed by atoms with Gasteiger partial charge in [0.15, 0.2) is 5.43 Å². The van der Waals surface area contributed by atoms with Crippen LogP contribution < -0.4 is 10.3 Å². The number of ether oxygens (including phenoxy) is 1. The van der Waals surface area contributed by atoms with Crippen LogP contribution in [0.5, 0.6) is 0 Å². The molecule has 0 bridgehead atoms. The van der Waals surface area contributed by atoms with Gasteiger partial charge in [-0.2, -0.15) is 0 Å². The molecule has 2 aromatic carbocycles. The zero-order chi connectivity index (χ0) is 21.4. The number of carbonyl (C=O) groups excluding carboxylic acids is 1. The van der Waals surface area contributed by atoms with Crippen molar-refractivity contribution in [2.75, 3.05) is 39.4 Å². The Labute approximate surface area is 185 Å². The number of nitrogens with zero attached hydrogens (tertiary/aromatic N) is 1. The van der Waals surface area contributed by atoms with Crippen LogP contribution in [0.4, 0.5) is 0 Å². The van der Waals surface area contributed by atoms with Crippen molar-refractivity contribution in [1.82, 2.24) is 4.90 Å². The van der Waals surface area contributed by atoms with Crippen molar-refractivity contribution in [1.29, 1.82) is 0 Å². The number of morpholine rings is 1. The fraction of sp³-hybridized carbons (Fsp3) is 0.333. The van der Waals surface area contributed by atoms with Gasteiger partial charge in [-0.1, -0.05) is 35.9 Å². The molecule has 0 unspecified atom stereocenters. The second-order valence-corrected chi connectivity index (χ2v) is 8.53. The molecule has 160 valence electrons. The maximum atomic E-state index is 13.4. The van der Waals surface area contributed by atoms with Gasteiger partial charge in [0.25, 0.3) is 5.91 Å². The number of nitrogens with one attached hydrogen (secondary N) is 1. The lowest BCUT2D eigenvalue weighted by atomic mass is 9.98. The van der Waals surface area contributed by atoms with E-state index in [0.29, 0.717) is 28.1 Å². The van der Waals surface area contributed by atoms with E-state index in [0.717, 1.165) is 44.8 Å². The molecule has 2 aliphatic heterocycles. The fourth-order valence-corrected chi connectivity index (χ4v) is 4.83. The largest absolute Gasteiger partial charge is 0.450 e. The van der Waals surface area contributed by atoms with E-state index < -0.39 is 6.04 Å². The molecule has 6 nitrogen and oxygen atoms in total. The fourth-order valence-electron chi connectivity index (χ4n) is 4.63. The van der Waals surface area contributed by atoms with Gasteiger partial charge in [-0.3, -0.25) is 9.59 Å². The molecule has 31 heavy (non-hydrogen) atoms. The zero-order valence-electron chi connectivity index (χ0n) is 17.1. The summed E-state index contributed by atoms with van der Waals surface area (Å²) in [7, 11) is 0. The van der Waals surface area contributed by atoms with E-state index in [2.05, 4.69) is 0 Å². The van der Waals surface area contributed by atoms with Gasteiger partial charge in [-0.25, -0.2) is 0 Å². The highest BCUT2D eigenvalue weighted by atomic mass is 35.5. The first-order valence-corrected chi connectivity index (χ1v) is 11.0. The standard InChI is InChI=1S/C24H23ClN2O4/c25-17-6-3-5-16(15-17)21-20-22(28)18-7-1-2-8-19(18)31-23(20)24(29)27(21)10-4-9-26-11-13-30-14-12-26/h1-3,5-8,15,21H,4,9-14H2/p+1/t21-/m1/s1. The zero-order valence-corrected chi connectivity index (χ0v) is 17.9. The van der Waals surface area contributed by atoms with Crippen LogP contribution in [-0.2, 0) is 4.74 Å². The second-order valence-electron chi connectivity index (χ2n) is 8.09. The van der Waals surface area contributed by atoms with Crippen molar-refractivity contribution in [3.63, 3.8) is 0 Å². The highest BCUT2D eigenvalue weighted by molar-refractivity contribution is 6.30. The van der Waals surface area contributed by atoms with Gasteiger partial charge in [0.2, 0.25) is 5.76 Å². The molecule has 3 heterocycles. The third kappa shape index (κ3) is 3.76. The number of carbonyl (C=O) groups is 1. The first-order chi connectivity index (χ1) is 15.1. The molecule has 2 aliphatic rings. The molecule has 5 rings (SSSR count). The first-order valence-electron chi connectivity index (χ1n) is 10.7. The summed E-state index contributed by atoms with van der Waals surface area (Å²) in [5, 5.41) is 1.06. The number of rotatable bonds is 5. The van der Waals surface area contributed by atoms with Crippen molar-refractivity contribution >= 4 is 28.5 Å². The van der Waals surface area contributed by atoms with Crippen molar-refractivity contribution in [3.05, 3.63) is 80.7 Å². The molecular weight excluding hydrogens is 416 g/mol. The summed E-state index contributed by atoms with van der Waals surface area (Å²) in [6.45, 7) is 5.02. The van der Waals surface area contributed by atoms with Crippen LogP contribution in [0, 0.1) is 0 Å². The molecule has 0 radical (unpaired) electrons. The lowest BCUT2D eigenvalue weighted by Gasteiger charge is -2.27. The maximum absolute atomic E-state index is 13.4. The van der Waals surface area contributed by atoms with Crippen LogP contribution in [0.3, 0.4) is 0 Å². The summed E-state index contributed by atoms with van der Waals surface area (Å²) in [6, 6.07) is 13.9. The predicted octanol–water partition coefficient (Wildman–Crippen LogP) is 2.30. The van der Waals surface area contributed by atoms with Gasteiger partial charge in [0.05, 0.1) is 36.8 Å². The molecule has 3 aromatic rings. The third-order valence-corrected chi connectivity index (χ3v) is 6.40. The highest BCUT2D eigenvalue weighted by Gasteiger charge is 2.42. The quantitative estimate of drug-likeness (QED) is 0.662. The number of para-hydroxylation sites is 1. The topological polar surface area (TPSA) is 64.2 Å². The lowest BCUT2D eigenvalue weighted by molar-refractivity contribution is -0.908. The van der Waals surface area contributed by atoms with Gasteiger partial charge in [-0.05, 0) is 29.8 Å². The molecule has 7 heteroatoms. The number of fused-ring (bicyclic) bond motifs is 2. The van der Waals surface area contributed by atoms with Crippen molar-refractivity contribution in [2.45, 2.75) is 12.5 Å². The van der Waals surface area contributed by atoms with E-state index >= 15 is 0 Å². The first kappa shape index (κ1) is 20.2. The van der Waals surface area contributed by atoms with E-state index in [4.69, 9.17) is 20.8 Å².